The molecule has 1 aromatic rings. The van der Waals surface area contributed by atoms with Crippen molar-refractivity contribution in [1.82, 2.24) is 10.2 Å². The Hall–Kier alpha value is -1.32. The minimum Gasteiger partial charge on any atom is -0.492 e. The zero-order valence-corrected chi connectivity index (χ0v) is 12.2. The smallest absolute Gasteiger partial charge is 0.123 e. The second-order valence-electron chi connectivity index (χ2n) is 4.58. The number of rotatable bonds is 10. The molecule has 0 aliphatic heterocycles. The first-order chi connectivity index (χ1) is 9.31. The fourth-order valence-electron chi connectivity index (χ4n) is 2.06. The molecule has 0 unspecified atom stereocenters. The lowest BCUT2D eigenvalue weighted by Crippen LogP contribution is -2.29. The second-order valence-corrected chi connectivity index (χ2v) is 4.58. The van der Waals surface area contributed by atoms with E-state index in [9.17, 15) is 0 Å². The van der Waals surface area contributed by atoms with Gasteiger partial charge in [-0.1, -0.05) is 31.2 Å². The third kappa shape index (κ3) is 5.90. The van der Waals surface area contributed by atoms with E-state index in [0.29, 0.717) is 6.61 Å². The molecular weight excluding hydrogens is 236 g/mol. The molecule has 0 aliphatic carbocycles. The first-order valence-corrected chi connectivity index (χ1v) is 7.00. The van der Waals surface area contributed by atoms with E-state index >= 15 is 0 Å². The maximum atomic E-state index is 5.90. The van der Waals surface area contributed by atoms with E-state index in [4.69, 9.17) is 4.74 Å². The van der Waals surface area contributed by atoms with E-state index in [2.05, 4.69) is 29.8 Å². The summed E-state index contributed by atoms with van der Waals surface area (Å²) in [5, 5.41) is 3.16. The lowest BCUT2D eigenvalue weighted by molar-refractivity contribution is 0.222. The third-order valence-corrected chi connectivity index (χ3v) is 2.93. The Morgan fingerprint density at radius 2 is 2.11 bits per heavy atom. The highest BCUT2D eigenvalue weighted by Crippen LogP contribution is 2.17. The van der Waals surface area contributed by atoms with Gasteiger partial charge in [-0.05, 0) is 26.1 Å². The first-order valence-electron chi connectivity index (χ1n) is 7.00. The summed E-state index contributed by atoms with van der Waals surface area (Å²) in [6, 6.07) is 8.19. The van der Waals surface area contributed by atoms with Crippen LogP contribution >= 0.6 is 0 Å². The van der Waals surface area contributed by atoms with Gasteiger partial charge in [-0.3, -0.25) is 4.90 Å². The van der Waals surface area contributed by atoms with Crippen LogP contribution in [0.3, 0.4) is 0 Å². The van der Waals surface area contributed by atoms with E-state index in [0.717, 1.165) is 38.3 Å². The minimum absolute atomic E-state index is 0.717. The molecule has 19 heavy (non-hydrogen) atoms. The van der Waals surface area contributed by atoms with E-state index in [1.54, 1.807) is 0 Å². The highest BCUT2D eigenvalue weighted by Gasteiger charge is 2.04. The van der Waals surface area contributed by atoms with Gasteiger partial charge < -0.3 is 10.1 Å². The van der Waals surface area contributed by atoms with Gasteiger partial charge in [-0.25, -0.2) is 0 Å². The summed E-state index contributed by atoms with van der Waals surface area (Å²) in [6.07, 6.45) is 3.11. The summed E-state index contributed by atoms with van der Waals surface area (Å²) in [5.74, 6) is 0.979. The molecule has 0 fully saturated rings. The molecule has 0 heterocycles. The summed E-state index contributed by atoms with van der Waals surface area (Å²) in [7, 11) is 1.95. The van der Waals surface area contributed by atoms with Crippen LogP contribution < -0.4 is 10.1 Å². The Morgan fingerprint density at radius 1 is 1.32 bits per heavy atom. The fraction of sp³-hybridized carbons (Fsp3) is 0.500. The molecule has 0 saturated carbocycles. The first kappa shape index (κ1) is 15.7. The number of nitrogens with zero attached hydrogens (tertiary/aromatic N) is 1. The molecule has 0 atom stereocenters. The van der Waals surface area contributed by atoms with Crippen LogP contribution in [0.4, 0.5) is 0 Å². The molecule has 0 bridgehead atoms. The van der Waals surface area contributed by atoms with Gasteiger partial charge in [0.1, 0.15) is 12.4 Å². The van der Waals surface area contributed by atoms with E-state index in [-0.39, 0.29) is 0 Å². The van der Waals surface area contributed by atoms with E-state index < -0.39 is 0 Å². The van der Waals surface area contributed by atoms with Crippen LogP contribution in [0.1, 0.15) is 18.9 Å². The third-order valence-electron chi connectivity index (χ3n) is 2.93. The Balaban J connectivity index is 2.44. The average molecular weight is 262 g/mol. The Labute approximate surface area is 117 Å². The lowest BCUT2D eigenvalue weighted by atomic mass is 10.2. The molecule has 0 spiro atoms. The van der Waals surface area contributed by atoms with Crippen LogP contribution in [0, 0.1) is 0 Å². The zero-order valence-electron chi connectivity index (χ0n) is 12.2. The van der Waals surface area contributed by atoms with Gasteiger partial charge >= 0.3 is 0 Å². The molecule has 1 rings (SSSR count). The van der Waals surface area contributed by atoms with Gasteiger partial charge in [0.25, 0.3) is 0 Å². The number of ether oxygens (including phenoxy) is 1. The molecule has 106 valence electrons. The molecule has 3 nitrogen and oxygen atoms in total. The maximum absolute atomic E-state index is 5.90. The standard InChI is InChI=1S/C16H26N2O/c1-4-10-18(11-5-2)12-13-19-16-9-7-6-8-15(16)14-17-3/h4,6-9,17H,1,5,10-14H2,2-3H3. The van der Waals surface area contributed by atoms with Gasteiger partial charge in [0, 0.05) is 25.2 Å². The molecule has 0 amide bonds. The molecule has 1 aromatic carbocycles. The molecule has 0 saturated heterocycles. The summed E-state index contributed by atoms with van der Waals surface area (Å²) >= 11 is 0. The maximum Gasteiger partial charge on any atom is 0.123 e. The van der Waals surface area contributed by atoms with Crippen molar-refractivity contribution in [2.45, 2.75) is 19.9 Å². The summed E-state index contributed by atoms with van der Waals surface area (Å²) in [4.78, 5) is 2.35. The van der Waals surface area contributed by atoms with Crippen molar-refractivity contribution in [3.8, 4) is 5.75 Å². The summed E-state index contributed by atoms with van der Waals surface area (Å²) < 4.78 is 5.90. The lowest BCUT2D eigenvalue weighted by Gasteiger charge is -2.20. The molecule has 0 radical (unpaired) electrons. The van der Waals surface area contributed by atoms with Gasteiger partial charge in [0.2, 0.25) is 0 Å². The van der Waals surface area contributed by atoms with E-state index in [1.165, 1.54) is 5.56 Å². The van der Waals surface area contributed by atoms with Crippen LogP contribution in [-0.4, -0.2) is 38.2 Å². The fourth-order valence-corrected chi connectivity index (χ4v) is 2.06. The monoisotopic (exact) mass is 262 g/mol. The number of nitrogens with one attached hydrogen (secondary N) is 1. The van der Waals surface area contributed by atoms with Crippen molar-refractivity contribution in [3.05, 3.63) is 42.5 Å². The molecule has 1 N–H and O–H groups in total. The van der Waals surface area contributed by atoms with Crippen LogP contribution in [0.2, 0.25) is 0 Å². The molecule has 0 aliphatic rings. The van der Waals surface area contributed by atoms with Crippen molar-refractivity contribution >= 4 is 0 Å². The Morgan fingerprint density at radius 3 is 2.79 bits per heavy atom. The highest BCUT2D eigenvalue weighted by molar-refractivity contribution is 5.33. The largest absolute Gasteiger partial charge is 0.492 e. The highest BCUT2D eigenvalue weighted by atomic mass is 16.5. The van der Waals surface area contributed by atoms with E-state index in [1.807, 2.05) is 31.3 Å². The van der Waals surface area contributed by atoms with Gasteiger partial charge in [-0.2, -0.15) is 0 Å². The Kier molecular flexibility index (Phi) is 7.94. The molecule has 3 heteroatoms. The van der Waals surface area contributed by atoms with Crippen molar-refractivity contribution in [1.29, 1.82) is 0 Å². The summed E-state index contributed by atoms with van der Waals surface area (Å²) in [5.41, 5.74) is 1.20. The molecule has 0 aromatic heterocycles. The Bertz CT molecular complexity index is 366. The van der Waals surface area contributed by atoms with Crippen molar-refractivity contribution in [3.63, 3.8) is 0 Å². The molecular formula is C16H26N2O. The van der Waals surface area contributed by atoms with Crippen molar-refractivity contribution < 1.29 is 4.74 Å². The second kappa shape index (κ2) is 9.59. The van der Waals surface area contributed by atoms with Gasteiger partial charge in [0.15, 0.2) is 0 Å². The number of benzene rings is 1. The number of hydrogen-bond acceptors (Lipinski definition) is 3. The van der Waals surface area contributed by atoms with Crippen LogP contribution in [0.5, 0.6) is 5.75 Å². The van der Waals surface area contributed by atoms with Gasteiger partial charge in [-0.15, -0.1) is 6.58 Å². The average Bonchev–Trinajstić information content (AvgIpc) is 2.41. The zero-order chi connectivity index (χ0) is 13.9. The minimum atomic E-state index is 0.717. The van der Waals surface area contributed by atoms with Crippen LogP contribution in [0.25, 0.3) is 0 Å². The number of hydrogen-bond donors (Lipinski definition) is 1. The van der Waals surface area contributed by atoms with Gasteiger partial charge in [0.05, 0.1) is 0 Å². The topological polar surface area (TPSA) is 24.5 Å². The number of para-hydroxylation sites is 1. The van der Waals surface area contributed by atoms with Crippen molar-refractivity contribution in [2.75, 3.05) is 33.3 Å². The van der Waals surface area contributed by atoms with Crippen LogP contribution in [-0.2, 0) is 6.54 Å². The van der Waals surface area contributed by atoms with Crippen molar-refractivity contribution in [2.24, 2.45) is 0 Å². The summed E-state index contributed by atoms with van der Waals surface area (Å²) in [6.45, 7) is 10.5. The quantitative estimate of drug-likeness (QED) is 0.656. The van der Waals surface area contributed by atoms with Crippen LogP contribution in [0.15, 0.2) is 36.9 Å². The predicted octanol–water partition coefficient (Wildman–Crippen LogP) is 2.68. The SMILES string of the molecule is C=CCN(CCC)CCOc1ccccc1CNC. The normalized spacial score (nSPS) is 10.7. The predicted molar refractivity (Wildman–Crippen MR) is 81.6 cm³/mol.